The molecule has 1 aromatic rings. The molecule has 1 rings (SSSR count). The van der Waals surface area contributed by atoms with Crippen molar-refractivity contribution in [3.05, 3.63) is 65.8 Å². The van der Waals surface area contributed by atoms with Crippen molar-refractivity contribution in [3.8, 4) is 0 Å². The van der Waals surface area contributed by atoms with Gasteiger partial charge in [-0.3, -0.25) is 0 Å². The molecule has 0 unspecified atom stereocenters. The fourth-order valence-corrected chi connectivity index (χ4v) is 1.70. The zero-order chi connectivity index (χ0) is 11.8. The molecule has 0 bridgehead atoms. The highest BCUT2D eigenvalue weighted by Gasteiger charge is 2.00. The summed E-state index contributed by atoms with van der Waals surface area (Å²) in [6.07, 6.45) is 11.6. The lowest BCUT2D eigenvalue weighted by atomic mass is 9.98. The van der Waals surface area contributed by atoms with Gasteiger partial charge in [-0.2, -0.15) is 0 Å². The Morgan fingerprint density at radius 3 is 2.50 bits per heavy atom. The van der Waals surface area contributed by atoms with Gasteiger partial charge in [-0.05, 0) is 43.9 Å². The second-order valence-electron chi connectivity index (χ2n) is 3.79. The van der Waals surface area contributed by atoms with Gasteiger partial charge in [-0.15, -0.1) is 0 Å². The van der Waals surface area contributed by atoms with E-state index in [1.54, 1.807) is 0 Å². The molecule has 16 heavy (non-hydrogen) atoms. The van der Waals surface area contributed by atoms with E-state index in [1.165, 1.54) is 16.7 Å². The standard InChI is InChI=1S/C16H20/c1-4-6-7-8-12-15(5-2)16-13-10-9-11-14(16)3/h4-11,13H,12H2,1-3H3/b6-4-,8-7?,15-5-. The summed E-state index contributed by atoms with van der Waals surface area (Å²) in [5, 5.41) is 0. The van der Waals surface area contributed by atoms with Crippen LogP contribution in [0.3, 0.4) is 0 Å². The fraction of sp³-hybridized carbons (Fsp3) is 0.250. The van der Waals surface area contributed by atoms with Crippen LogP contribution in [0, 0.1) is 6.92 Å². The number of hydrogen-bond donors (Lipinski definition) is 0. The van der Waals surface area contributed by atoms with Gasteiger partial charge < -0.3 is 0 Å². The minimum atomic E-state index is 0.992. The number of rotatable bonds is 4. The first kappa shape index (κ1) is 12.5. The van der Waals surface area contributed by atoms with Crippen LogP contribution in [0.25, 0.3) is 5.57 Å². The predicted molar refractivity (Wildman–Crippen MR) is 73.4 cm³/mol. The molecule has 84 valence electrons. The van der Waals surface area contributed by atoms with Gasteiger partial charge >= 0.3 is 0 Å². The zero-order valence-corrected chi connectivity index (χ0v) is 10.4. The smallest absolute Gasteiger partial charge is 0.00916 e. The van der Waals surface area contributed by atoms with Gasteiger partial charge in [0.05, 0.1) is 0 Å². The highest BCUT2D eigenvalue weighted by molar-refractivity contribution is 5.68. The molecular weight excluding hydrogens is 192 g/mol. The summed E-state index contributed by atoms with van der Waals surface area (Å²) in [5.41, 5.74) is 4.09. The predicted octanol–water partition coefficient (Wildman–Crippen LogP) is 4.92. The average Bonchev–Trinajstić information content (AvgIpc) is 2.31. The quantitative estimate of drug-likeness (QED) is 0.621. The molecule has 0 nitrogen and oxygen atoms in total. The lowest BCUT2D eigenvalue weighted by molar-refractivity contribution is 1.33. The summed E-state index contributed by atoms with van der Waals surface area (Å²) < 4.78 is 0. The van der Waals surface area contributed by atoms with Gasteiger partial charge in [0.1, 0.15) is 0 Å². The first-order chi connectivity index (χ1) is 7.79. The maximum absolute atomic E-state index is 2.20. The van der Waals surface area contributed by atoms with Crippen LogP contribution >= 0.6 is 0 Å². The SMILES string of the molecule is C/C=C\C=CC/C(=C/C)c1ccccc1C. The lowest BCUT2D eigenvalue weighted by Gasteiger charge is -2.07. The molecule has 0 heterocycles. The van der Waals surface area contributed by atoms with E-state index in [2.05, 4.69) is 62.4 Å². The lowest BCUT2D eigenvalue weighted by Crippen LogP contribution is -1.87. The highest BCUT2D eigenvalue weighted by atomic mass is 14.1. The van der Waals surface area contributed by atoms with Gasteiger partial charge in [-0.25, -0.2) is 0 Å². The van der Waals surface area contributed by atoms with Gasteiger partial charge in [0, 0.05) is 0 Å². The van der Waals surface area contributed by atoms with E-state index in [4.69, 9.17) is 0 Å². The van der Waals surface area contributed by atoms with Crippen LogP contribution in [0.1, 0.15) is 31.4 Å². The molecule has 0 amide bonds. The maximum Gasteiger partial charge on any atom is -0.00916 e. The molecule has 0 heteroatoms. The summed E-state index contributed by atoms with van der Waals surface area (Å²) in [7, 11) is 0. The molecule has 0 aliphatic carbocycles. The normalized spacial score (nSPS) is 12.8. The van der Waals surface area contributed by atoms with Crippen LogP contribution in [0.5, 0.6) is 0 Å². The molecule has 0 saturated heterocycles. The van der Waals surface area contributed by atoms with E-state index in [-0.39, 0.29) is 0 Å². The first-order valence-electron chi connectivity index (χ1n) is 5.78. The third-order valence-electron chi connectivity index (χ3n) is 2.62. The first-order valence-corrected chi connectivity index (χ1v) is 5.78. The van der Waals surface area contributed by atoms with E-state index in [1.807, 2.05) is 13.0 Å². The molecule has 0 radical (unpaired) electrons. The molecule has 0 aliphatic rings. The van der Waals surface area contributed by atoms with Crippen LogP contribution in [0.4, 0.5) is 0 Å². The Morgan fingerprint density at radius 2 is 1.88 bits per heavy atom. The van der Waals surface area contributed by atoms with Crippen LogP contribution in [0.2, 0.25) is 0 Å². The van der Waals surface area contributed by atoms with Gasteiger partial charge in [0.25, 0.3) is 0 Å². The summed E-state index contributed by atoms with van der Waals surface area (Å²) in [6, 6.07) is 8.53. The summed E-state index contributed by atoms with van der Waals surface area (Å²) in [4.78, 5) is 0. The zero-order valence-electron chi connectivity index (χ0n) is 10.4. The Balaban J connectivity index is 2.81. The van der Waals surface area contributed by atoms with Crippen LogP contribution in [-0.2, 0) is 0 Å². The van der Waals surface area contributed by atoms with Crippen LogP contribution in [-0.4, -0.2) is 0 Å². The minimum absolute atomic E-state index is 0.992. The monoisotopic (exact) mass is 212 g/mol. The molecule has 0 aliphatic heterocycles. The summed E-state index contributed by atoms with van der Waals surface area (Å²) in [6.45, 7) is 6.29. The molecule has 1 aromatic carbocycles. The number of aryl methyl sites for hydroxylation is 1. The largest absolute Gasteiger partial charge is 0.0877 e. The van der Waals surface area contributed by atoms with E-state index in [0.717, 1.165) is 6.42 Å². The van der Waals surface area contributed by atoms with Crippen LogP contribution < -0.4 is 0 Å². The number of allylic oxidation sites excluding steroid dienone is 6. The van der Waals surface area contributed by atoms with Crippen LogP contribution in [0.15, 0.2) is 54.6 Å². The van der Waals surface area contributed by atoms with Crippen molar-refractivity contribution in [2.24, 2.45) is 0 Å². The van der Waals surface area contributed by atoms with E-state index in [9.17, 15) is 0 Å². The maximum atomic E-state index is 2.20. The van der Waals surface area contributed by atoms with Gasteiger partial charge in [-0.1, -0.05) is 54.6 Å². The summed E-state index contributed by atoms with van der Waals surface area (Å²) in [5.74, 6) is 0. The minimum Gasteiger partial charge on any atom is -0.0877 e. The van der Waals surface area contributed by atoms with Crippen molar-refractivity contribution >= 4 is 5.57 Å². The average molecular weight is 212 g/mol. The number of hydrogen-bond acceptors (Lipinski definition) is 0. The summed E-state index contributed by atoms with van der Waals surface area (Å²) >= 11 is 0. The Labute approximate surface area is 99.0 Å². The van der Waals surface area contributed by atoms with Crippen molar-refractivity contribution < 1.29 is 0 Å². The molecular formula is C16H20. The van der Waals surface area contributed by atoms with Crippen molar-refractivity contribution in [1.29, 1.82) is 0 Å². The van der Waals surface area contributed by atoms with E-state index >= 15 is 0 Å². The fourth-order valence-electron chi connectivity index (χ4n) is 1.70. The van der Waals surface area contributed by atoms with Crippen molar-refractivity contribution in [2.75, 3.05) is 0 Å². The molecule has 0 atom stereocenters. The van der Waals surface area contributed by atoms with Crippen molar-refractivity contribution in [2.45, 2.75) is 27.2 Å². The topological polar surface area (TPSA) is 0 Å². The van der Waals surface area contributed by atoms with E-state index in [0.29, 0.717) is 0 Å². The highest BCUT2D eigenvalue weighted by Crippen LogP contribution is 2.21. The molecule has 0 spiro atoms. The van der Waals surface area contributed by atoms with Gasteiger partial charge in [0.2, 0.25) is 0 Å². The Kier molecular flexibility index (Phi) is 5.35. The molecule has 0 fully saturated rings. The molecule has 0 saturated carbocycles. The van der Waals surface area contributed by atoms with Crippen molar-refractivity contribution in [3.63, 3.8) is 0 Å². The Morgan fingerprint density at radius 1 is 1.12 bits per heavy atom. The second-order valence-corrected chi connectivity index (χ2v) is 3.79. The van der Waals surface area contributed by atoms with Crippen molar-refractivity contribution in [1.82, 2.24) is 0 Å². The molecule has 0 aromatic heterocycles. The van der Waals surface area contributed by atoms with Gasteiger partial charge in [0.15, 0.2) is 0 Å². The third kappa shape index (κ3) is 3.54. The Hall–Kier alpha value is -1.56. The van der Waals surface area contributed by atoms with E-state index < -0.39 is 0 Å². The third-order valence-corrected chi connectivity index (χ3v) is 2.62. The Bertz CT molecular complexity index is 406. The second kappa shape index (κ2) is 6.84. The molecule has 0 N–H and O–H groups in total. The number of benzene rings is 1.